The number of nitrogens with one attached hydrogen (secondary N) is 1. The molecule has 0 unspecified atom stereocenters. The van der Waals surface area contributed by atoms with E-state index in [0.717, 1.165) is 5.56 Å². The number of aromatic amines is 1. The van der Waals surface area contributed by atoms with E-state index in [0.29, 0.717) is 12.3 Å². The van der Waals surface area contributed by atoms with E-state index >= 15 is 0 Å². The number of hydrogen-bond acceptors (Lipinski definition) is 6. The molecule has 1 saturated heterocycles. The molecule has 0 aliphatic carbocycles. The van der Waals surface area contributed by atoms with E-state index in [2.05, 4.69) is 10.2 Å². The van der Waals surface area contributed by atoms with E-state index in [1.165, 1.54) is 19.2 Å². The Labute approximate surface area is 149 Å². The van der Waals surface area contributed by atoms with Crippen LogP contribution in [0.1, 0.15) is 22.0 Å². The van der Waals surface area contributed by atoms with Gasteiger partial charge in [-0.3, -0.25) is 14.4 Å². The summed E-state index contributed by atoms with van der Waals surface area (Å²) >= 11 is 0. The lowest BCUT2D eigenvalue weighted by Gasteiger charge is -2.16. The Bertz CT molecular complexity index is 841. The second-order valence-corrected chi connectivity index (χ2v) is 6.03. The van der Waals surface area contributed by atoms with Crippen LogP contribution in [0.2, 0.25) is 0 Å². The van der Waals surface area contributed by atoms with Crippen LogP contribution in [0.25, 0.3) is 0 Å². The molecule has 1 fully saturated rings. The molecule has 26 heavy (non-hydrogen) atoms. The SMILES string of the molecule is COC(=O)[C@@H]1CN(C(=O)c2ccc(=O)[nH]n2)C[C@H]1c1ccc(OC)cc1. The molecule has 1 aromatic heterocycles. The zero-order chi connectivity index (χ0) is 18.7. The van der Waals surface area contributed by atoms with Gasteiger partial charge in [0.15, 0.2) is 0 Å². The molecule has 0 bridgehead atoms. The maximum atomic E-state index is 12.7. The van der Waals surface area contributed by atoms with Gasteiger partial charge in [0.05, 0.1) is 20.1 Å². The molecule has 3 rings (SSSR count). The predicted molar refractivity (Wildman–Crippen MR) is 92.0 cm³/mol. The number of carbonyl (C=O) groups is 2. The number of nitrogens with zero attached hydrogens (tertiary/aromatic N) is 2. The number of amides is 1. The van der Waals surface area contributed by atoms with Gasteiger partial charge in [0.25, 0.3) is 11.5 Å². The average Bonchev–Trinajstić information content (AvgIpc) is 3.13. The zero-order valence-electron chi connectivity index (χ0n) is 14.5. The summed E-state index contributed by atoms with van der Waals surface area (Å²) in [4.78, 5) is 37.6. The van der Waals surface area contributed by atoms with Gasteiger partial charge in [0, 0.05) is 25.1 Å². The normalized spacial score (nSPS) is 19.2. The molecular weight excluding hydrogens is 338 g/mol. The van der Waals surface area contributed by atoms with Crippen LogP contribution in [0.5, 0.6) is 5.75 Å². The highest BCUT2D eigenvalue weighted by Gasteiger charge is 2.41. The van der Waals surface area contributed by atoms with Crippen LogP contribution in [0.4, 0.5) is 0 Å². The van der Waals surface area contributed by atoms with Gasteiger partial charge in [0.1, 0.15) is 11.4 Å². The van der Waals surface area contributed by atoms with Gasteiger partial charge in [-0.25, -0.2) is 5.10 Å². The summed E-state index contributed by atoms with van der Waals surface area (Å²) in [7, 11) is 2.92. The number of H-pyrrole nitrogens is 1. The van der Waals surface area contributed by atoms with E-state index in [4.69, 9.17) is 9.47 Å². The summed E-state index contributed by atoms with van der Waals surface area (Å²) in [5.74, 6) is -0.659. The van der Waals surface area contributed by atoms with E-state index < -0.39 is 5.92 Å². The molecule has 0 radical (unpaired) electrons. The Morgan fingerprint density at radius 3 is 2.42 bits per heavy atom. The Morgan fingerprint density at radius 2 is 1.85 bits per heavy atom. The molecule has 0 spiro atoms. The molecule has 8 heteroatoms. The molecule has 136 valence electrons. The maximum Gasteiger partial charge on any atom is 0.311 e. The van der Waals surface area contributed by atoms with Crippen molar-refractivity contribution < 1.29 is 19.1 Å². The summed E-state index contributed by atoms with van der Waals surface area (Å²) in [5, 5.41) is 6.02. The highest BCUT2D eigenvalue weighted by Crippen LogP contribution is 2.34. The molecule has 1 aromatic carbocycles. The first-order chi connectivity index (χ1) is 12.5. The molecule has 1 N–H and O–H groups in total. The Kier molecular flexibility index (Phi) is 5.01. The number of carbonyl (C=O) groups excluding carboxylic acids is 2. The minimum Gasteiger partial charge on any atom is -0.497 e. The number of esters is 1. The fourth-order valence-electron chi connectivity index (χ4n) is 3.17. The molecule has 0 saturated carbocycles. The fourth-order valence-corrected chi connectivity index (χ4v) is 3.17. The predicted octanol–water partition coefficient (Wildman–Crippen LogP) is 0.807. The summed E-state index contributed by atoms with van der Waals surface area (Å²) < 4.78 is 10.1. The number of ether oxygens (including phenoxy) is 2. The van der Waals surface area contributed by atoms with Crippen LogP contribution in [0.3, 0.4) is 0 Å². The summed E-state index contributed by atoms with van der Waals surface area (Å²) in [6, 6.07) is 10.0. The Balaban J connectivity index is 1.86. The Morgan fingerprint density at radius 1 is 1.12 bits per heavy atom. The topological polar surface area (TPSA) is 102 Å². The largest absolute Gasteiger partial charge is 0.497 e. The highest BCUT2D eigenvalue weighted by molar-refractivity contribution is 5.93. The number of rotatable bonds is 4. The smallest absolute Gasteiger partial charge is 0.311 e. The van der Waals surface area contributed by atoms with E-state index in [9.17, 15) is 14.4 Å². The van der Waals surface area contributed by atoms with Crippen molar-refractivity contribution in [2.75, 3.05) is 27.3 Å². The number of hydrogen-bond donors (Lipinski definition) is 1. The zero-order valence-corrected chi connectivity index (χ0v) is 14.5. The molecule has 2 atom stereocenters. The van der Waals surface area contributed by atoms with E-state index in [1.54, 1.807) is 12.0 Å². The van der Waals surface area contributed by atoms with Crippen LogP contribution < -0.4 is 10.3 Å². The number of likely N-dealkylation sites (tertiary alicyclic amines) is 1. The van der Waals surface area contributed by atoms with E-state index in [1.807, 2.05) is 24.3 Å². The van der Waals surface area contributed by atoms with Gasteiger partial charge < -0.3 is 14.4 Å². The van der Waals surface area contributed by atoms with Crippen LogP contribution in [-0.4, -0.2) is 54.3 Å². The lowest BCUT2D eigenvalue weighted by molar-refractivity contribution is -0.145. The number of benzene rings is 1. The third-order valence-corrected chi connectivity index (χ3v) is 4.55. The second-order valence-electron chi connectivity index (χ2n) is 6.03. The second kappa shape index (κ2) is 7.38. The lowest BCUT2D eigenvalue weighted by Crippen LogP contribution is -2.31. The molecular formula is C18H19N3O5. The summed E-state index contributed by atoms with van der Waals surface area (Å²) in [5.41, 5.74) is 0.668. The third kappa shape index (κ3) is 3.44. The summed E-state index contributed by atoms with van der Waals surface area (Å²) in [6.45, 7) is 0.578. The fraction of sp³-hybridized carbons (Fsp3) is 0.333. The molecule has 8 nitrogen and oxygen atoms in total. The van der Waals surface area contributed by atoms with Gasteiger partial charge in [0.2, 0.25) is 0 Å². The van der Waals surface area contributed by atoms with Gasteiger partial charge in [-0.05, 0) is 23.8 Å². The van der Waals surface area contributed by atoms with Crippen LogP contribution >= 0.6 is 0 Å². The Hall–Kier alpha value is -3.16. The van der Waals surface area contributed by atoms with Crippen molar-refractivity contribution in [2.45, 2.75) is 5.92 Å². The van der Waals surface area contributed by atoms with Crippen LogP contribution in [0, 0.1) is 5.92 Å². The first kappa shape index (κ1) is 17.7. The van der Waals surface area contributed by atoms with Crippen molar-refractivity contribution >= 4 is 11.9 Å². The first-order valence-electron chi connectivity index (χ1n) is 8.10. The minimum absolute atomic E-state index is 0.128. The van der Waals surface area contributed by atoms with Crippen LogP contribution in [-0.2, 0) is 9.53 Å². The van der Waals surface area contributed by atoms with E-state index in [-0.39, 0.29) is 35.6 Å². The minimum atomic E-state index is -0.472. The molecule has 1 aliphatic heterocycles. The molecule has 2 aromatic rings. The van der Waals surface area contributed by atoms with Crippen molar-refractivity contribution in [3.63, 3.8) is 0 Å². The quantitative estimate of drug-likeness (QED) is 0.813. The van der Waals surface area contributed by atoms with Crippen LogP contribution in [0.15, 0.2) is 41.2 Å². The van der Waals surface area contributed by atoms with Gasteiger partial charge in [-0.15, -0.1) is 0 Å². The van der Waals surface area contributed by atoms with Crippen molar-refractivity contribution in [3.05, 3.63) is 58.0 Å². The number of aromatic nitrogens is 2. The third-order valence-electron chi connectivity index (χ3n) is 4.55. The van der Waals surface area contributed by atoms with Crippen molar-refractivity contribution in [1.82, 2.24) is 15.1 Å². The molecule has 2 heterocycles. The van der Waals surface area contributed by atoms with Crippen molar-refractivity contribution in [1.29, 1.82) is 0 Å². The lowest BCUT2D eigenvalue weighted by atomic mass is 9.89. The first-order valence-corrected chi connectivity index (χ1v) is 8.10. The number of methoxy groups -OCH3 is 2. The molecule has 1 aliphatic rings. The average molecular weight is 357 g/mol. The summed E-state index contributed by atoms with van der Waals surface area (Å²) in [6.07, 6.45) is 0. The highest BCUT2D eigenvalue weighted by atomic mass is 16.5. The standard InChI is InChI=1S/C18H19N3O5/c1-25-12-5-3-11(4-6-12)13-9-21(10-14(13)18(24)26-2)17(23)15-7-8-16(22)20-19-15/h3-8,13-14H,9-10H2,1-2H3,(H,20,22)/t13-,14+/m0/s1. The van der Waals surface area contributed by atoms with Gasteiger partial charge in [-0.2, -0.15) is 5.10 Å². The van der Waals surface area contributed by atoms with Gasteiger partial charge in [-0.1, -0.05) is 12.1 Å². The maximum absolute atomic E-state index is 12.7. The van der Waals surface area contributed by atoms with Crippen molar-refractivity contribution in [3.8, 4) is 5.75 Å². The monoisotopic (exact) mass is 357 g/mol. The molecule has 1 amide bonds. The van der Waals surface area contributed by atoms with Gasteiger partial charge >= 0.3 is 5.97 Å². The van der Waals surface area contributed by atoms with Crippen molar-refractivity contribution in [2.24, 2.45) is 5.92 Å².